The molecule has 5 nitrogen and oxygen atoms in total. The Balaban J connectivity index is 2.30. The van der Waals surface area contributed by atoms with Crippen LogP contribution >= 0.6 is 0 Å². The zero-order chi connectivity index (χ0) is 17.4. The maximum atomic E-state index is 14.5. The van der Waals surface area contributed by atoms with Gasteiger partial charge in [0.05, 0.1) is 41.5 Å². The molecule has 0 saturated heterocycles. The minimum Gasteiger partial charge on any atom is -0.367 e. The lowest BCUT2D eigenvalue weighted by atomic mass is 9.84. The molecule has 0 amide bonds. The third kappa shape index (κ3) is 2.29. The molecule has 0 radical (unpaired) electrons. The van der Waals surface area contributed by atoms with Crippen molar-refractivity contribution in [3.63, 3.8) is 0 Å². The molecule has 8 heteroatoms. The summed E-state index contributed by atoms with van der Waals surface area (Å²) in [6.07, 6.45) is -1.48. The molecule has 0 fully saturated rings. The number of fused-ring (bicyclic) bond motifs is 1. The van der Waals surface area contributed by atoms with Crippen LogP contribution in [0, 0.1) is 23.7 Å². The number of hydrogen-bond donors (Lipinski definition) is 2. The molecule has 2 heterocycles. The Hall–Kier alpha value is -3.26. The van der Waals surface area contributed by atoms with E-state index in [1.54, 1.807) is 6.07 Å². The normalized spacial score (nSPS) is 17.9. The number of dihydropyridines is 1. The highest BCUT2D eigenvalue weighted by atomic mass is 19.3. The summed E-state index contributed by atoms with van der Waals surface area (Å²) in [7, 11) is 0. The lowest BCUT2D eigenvalue weighted by Crippen LogP contribution is -2.28. The first-order valence-corrected chi connectivity index (χ1v) is 6.88. The number of allylic oxidation sites excluding steroid dienone is 3. The van der Waals surface area contributed by atoms with Crippen LogP contribution in [0.5, 0.6) is 0 Å². The zero-order valence-corrected chi connectivity index (χ0v) is 12.4. The van der Waals surface area contributed by atoms with Crippen LogP contribution in [0.15, 0.2) is 41.0 Å². The minimum absolute atomic E-state index is 0.00884. The quantitative estimate of drug-likeness (QED) is 0.828. The molecule has 1 unspecified atom stereocenters. The number of aromatic amines is 1. The Morgan fingerprint density at radius 3 is 2.79 bits per heavy atom. The Bertz CT molecular complexity index is 972. The monoisotopic (exact) mass is 329 g/mol. The zero-order valence-electron chi connectivity index (χ0n) is 12.4. The van der Waals surface area contributed by atoms with Crippen molar-refractivity contribution in [1.29, 1.82) is 5.26 Å². The molecule has 120 valence electrons. The molecule has 1 aromatic heterocycles. The molecule has 1 aliphatic heterocycles. The fourth-order valence-corrected chi connectivity index (χ4v) is 2.79. The van der Waals surface area contributed by atoms with E-state index in [1.165, 1.54) is 25.3 Å². The summed E-state index contributed by atoms with van der Waals surface area (Å²) in [6.45, 7) is 8.77. The Labute approximate surface area is 134 Å². The van der Waals surface area contributed by atoms with Gasteiger partial charge in [0.15, 0.2) is 5.70 Å². The number of nitrogens with zero attached hydrogens (tertiary/aromatic N) is 3. The van der Waals surface area contributed by atoms with Crippen LogP contribution in [-0.2, 0) is 0 Å². The van der Waals surface area contributed by atoms with E-state index in [4.69, 9.17) is 6.57 Å². The molecule has 0 aliphatic carbocycles. The average molecular weight is 329 g/mol. The molecule has 0 saturated carbocycles. The lowest BCUT2D eigenvalue weighted by Gasteiger charge is -2.27. The van der Waals surface area contributed by atoms with E-state index >= 15 is 0 Å². The Morgan fingerprint density at radius 2 is 2.17 bits per heavy atom. The molecule has 3 rings (SSSR count). The maximum Gasteiger partial charge on any atom is 0.279 e. The van der Waals surface area contributed by atoms with Gasteiger partial charge in [-0.05, 0) is 24.6 Å². The number of nitrogens with one attached hydrogen (secondary N) is 2. The van der Waals surface area contributed by atoms with Gasteiger partial charge in [-0.3, -0.25) is 5.10 Å². The number of hydrogen-bond acceptors (Lipinski definition) is 3. The first kappa shape index (κ1) is 15.6. The molecule has 1 atom stereocenters. The van der Waals surface area contributed by atoms with E-state index in [1.807, 2.05) is 0 Å². The maximum absolute atomic E-state index is 14.5. The third-order valence-corrected chi connectivity index (χ3v) is 3.89. The van der Waals surface area contributed by atoms with Gasteiger partial charge in [-0.2, -0.15) is 10.4 Å². The second-order valence-corrected chi connectivity index (χ2v) is 5.25. The summed E-state index contributed by atoms with van der Waals surface area (Å²) in [5.74, 6) is -1.88. The first-order valence-electron chi connectivity index (χ1n) is 6.88. The topological polar surface area (TPSA) is 68.9 Å². The average Bonchev–Trinajstić information content (AvgIpc) is 2.99. The molecule has 1 aromatic carbocycles. The van der Waals surface area contributed by atoms with Gasteiger partial charge in [0.1, 0.15) is 5.82 Å². The summed E-state index contributed by atoms with van der Waals surface area (Å²) in [5.41, 5.74) is -0.339. The van der Waals surface area contributed by atoms with E-state index in [-0.39, 0.29) is 22.5 Å². The summed E-state index contributed by atoms with van der Waals surface area (Å²) in [6, 6.07) is 4.30. The molecule has 1 aliphatic rings. The van der Waals surface area contributed by atoms with Crippen LogP contribution in [0.25, 0.3) is 15.7 Å². The summed E-state index contributed by atoms with van der Waals surface area (Å²) in [5, 5.41) is 18.7. The fraction of sp³-hybridized carbons (Fsp3) is 0.188. The Morgan fingerprint density at radius 1 is 1.42 bits per heavy atom. The molecule has 0 bridgehead atoms. The number of aromatic nitrogens is 2. The second kappa shape index (κ2) is 5.74. The van der Waals surface area contributed by atoms with E-state index < -0.39 is 23.9 Å². The minimum atomic E-state index is -2.94. The highest BCUT2D eigenvalue weighted by molar-refractivity contribution is 5.79. The van der Waals surface area contributed by atoms with E-state index in [0.717, 1.165) is 0 Å². The molecule has 0 spiro atoms. The SMILES string of the molecule is [C-]#[N+]C1=C(C)NC(C(F)F)=C(C#N)C1c1cc2cn[nH]c2cc1F. The molecular formula is C16H10F3N5. The fourth-order valence-electron chi connectivity index (χ4n) is 2.79. The number of nitriles is 1. The van der Waals surface area contributed by atoms with Crippen molar-refractivity contribution in [2.45, 2.75) is 19.3 Å². The lowest BCUT2D eigenvalue weighted by molar-refractivity contribution is 0.180. The highest BCUT2D eigenvalue weighted by Crippen LogP contribution is 2.41. The predicted molar refractivity (Wildman–Crippen MR) is 79.9 cm³/mol. The van der Waals surface area contributed by atoms with Crippen LogP contribution in [0.2, 0.25) is 0 Å². The largest absolute Gasteiger partial charge is 0.367 e. The number of rotatable bonds is 2. The van der Waals surface area contributed by atoms with Gasteiger partial charge < -0.3 is 5.32 Å². The molecular weight excluding hydrogens is 319 g/mol. The van der Waals surface area contributed by atoms with Gasteiger partial charge in [0.25, 0.3) is 6.43 Å². The van der Waals surface area contributed by atoms with Crippen LogP contribution in [0.3, 0.4) is 0 Å². The van der Waals surface area contributed by atoms with Gasteiger partial charge in [0.2, 0.25) is 0 Å². The van der Waals surface area contributed by atoms with Gasteiger partial charge in [-0.25, -0.2) is 18.0 Å². The number of H-pyrrole nitrogens is 1. The first-order chi connectivity index (χ1) is 11.5. The summed E-state index contributed by atoms with van der Waals surface area (Å²) in [4.78, 5) is 3.33. The third-order valence-electron chi connectivity index (χ3n) is 3.89. The number of halogens is 3. The number of benzene rings is 1. The van der Waals surface area contributed by atoms with Gasteiger partial charge >= 0.3 is 0 Å². The molecule has 24 heavy (non-hydrogen) atoms. The van der Waals surface area contributed by atoms with Crippen molar-refractivity contribution in [3.05, 3.63) is 63.8 Å². The van der Waals surface area contributed by atoms with Crippen molar-refractivity contribution < 1.29 is 13.2 Å². The van der Waals surface area contributed by atoms with Crippen LogP contribution in [-0.4, -0.2) is 16.6 Å². The van der Waals surface area contributed by atoms with Crippen molar-refractivity contribution in [3.8, 4) is 6.07 Å². The molecule has 2 aromatic rings. The summed E-state index contributed by atoms with van der Waals surface area (Å²) < 4.78 is 41.1. The van der Waals surface area contributed by atoms with Crippen molar-refractivity contribution in [1.82, 2.24) is 15.5 Å². The standard InChI is InChI=1S/C16H10F3N5/c1-7-14(21-2)13(10(5-20)15(23-7)16(18)19)9-3-8-6-22-24-12(8)4-11(9)17/h3-4,6,13,16,23H,1H3,(H,22,24). The summed E-state index contributed by atoms with van der Waals surface area (Å²) >= 11 is 0. The Kier molecular flexibility index (Phi) is 3.74. The van der Waals surface area contributed by atoms with Gasteiger partial charge in [0, 0.05) is 11.1 Å². The van der Waals surface area contributed by atoms with Crippen molar-refractivity contribution >= 4 is 10.9 Å². The molecule has 2 N–H and O–H groups in total. The van der Waals surface area contributed by atoms with Crippen LogP contribution in [0.4, 0.5) is 13.2 Å². The smallest absolute Gasteiger partial charge is 0.279 e. The van der Waals surface area contributed by atoms with Crippen LogP contribution in [0.1, 0.15) is 18.4 Å². The van der Waals surface area contributed by atoms with Crippen LogP contribution < -0.4 is 5.32 Å². The van der Waals surface area contributed by atoms with Gasteiger partial charge in [-0.1, -0.05) is 0 Å². The van der Waals surface area contributed by atoms with E-state index in [2.05, 4.69) is 20.4 Å². The van der Waals surface area contributed by atoms with Crippen molar-refractivity contribution in [2.24, 2.45) is 0 Å². The van der Waals surface area contributed by atoms with E-state index in [9.17, 15) is 18.4 Å². The number of alkyl halides is 2. The second-order valence-electron chi connectivity index (χ2n) is 5.25. The highest BCUT2D eigenvalue weighted by Gasteiger charge is 2.35. The predicted octanol–water partition coefficient (Wildman–Crippen LogP) is 3.58. The van der Waals surface area contributed by atoms with E-state index in [0.29, 0.717) is 10.9 Å². The van der Waals surface area contributed by atoms with Crippen molar-refractivity contribution in [2.75, 3.05) is 0 Å². The van der Waals surface area contributed by atoms with Gasteiger partial charge in [-0.15, -0.1) is 0 Å².